The van der Waals surface area contributed by atoms with Crippen LogP contribution >= 0.6 is 0 Å². The number of ether oxygens (including phenoxy) is 1. The van der Waals surface area contributed by atoms with Crippen LogP contribution in [0.25, 0.3) is 10.9 Å². The fraction of sp³-hybridized carbons (Fsp3) is 0.231. The SMILES string of the molecule is COc1ccc2ccc(F)c(C(C)C(=O)O)c2n1. The number of halogens is 1. The van der Waals surface area contributed by atoms with Gasteiger partial charge in [0.2, 0.25) is 5.88 Å². The van der Waals surface area contributed by atoms with Crippen LogP contribution in [0.2, 0.25) is 0 Å². The summed E-state index contributed by atoms with van der Waals surface area (Å²) in [6, 6.07) is 6.19. The standard InChI is InChI=1S/C13H12FNO3/c1-7(13(16)17)11-9(14)5-3-8-4-6-10(18-2)15-12(8)11/h3-7H,1-2H3,(H,16,17). The Morgan fingerprint density at radius 1 is 1.39 bits per heavy atom. The monoisotopic (exact) mass is 249 g/mol. The van der Waals surface area contributed by atoms with Crippen LogP contribution in [-0.2, 0) is 4.79 Å². The van der Waals surface area contributed by atoms with Gasteiger partial charge >= 0.3 is 5.97 Å². The van der Waals surface area contributed by atoms with Crippen LogP contribution in [0.1, 0.15) is 18.4 Å². The van der Waals surface area contributed by atoms with Gasteiger partial charge in [-0.25, -0.2) is 9.37 Å². The molecule has 2 rings (SSSR count). The molecule has 0 aliphatic heterocycles. The molecule has 1 aromatic carbocycles. The summed E-state index contributed by atoms with van der Waals surface area (Å²) in [5.41, 5.74) is 0.406. The normalized spacial score (nSPS) is 12.4. The molecule has 0 aliphatic rings. The Morgan fingerprint density at radius 3 is 2.67 bits per heavy atom. The van der Waals surface area contributed by atoms with E-state index < -0.39 is 17.7 Å². The van der Waals surface area contributed by atoms with Gasteiger partial charge in [-0.15, -0.1) is 0 Å². The zero-order chi connectivity index (χ0) is 13.3. The number of methoxy groups -OCH3 is 1. The van der Waals surface area contributed by atoms with Gasteiger partial charge in [0.25, 0.3) is 0 Å². The molecule has 18 heavy (non-hydrogen) atoms. The molecule has 2 aromatic rings. The van der Waals surface area contributed by atoms with Crippen LogP contribution in [0.15, 0.2) is 24.3 Å². The molecule has 0 aliphatic carbocycles. The van der Waals surface area contributed by atoms with E-state index in [-0.39, 0.29) is 5.56 Å². The van der Waals surface area contributed by atoms with E-state index in [0.29, 0.717) is 16.8 Å². The van der Waals surface area contributed by atoms with Crippen molar-refractivity contribution in [3.05, 3.63) is 35.6 Å². The number of benzene rings is 1. The fourth-order valence-corrected chi connectivity index (χ4v) is 1.82. The predicted octanol–water partition coefficient (Wildman–Crippen LogP) is 2.57. The maximum atomic E-state index is 13.8. The number of pyridine rings is 1. The largest absolute Gasteiger partial charge is 0.481 e. The van der Waals surface area contributed by atoms with E-state index in [2.05, 4.69) is 4.98 Å². The summed E-state index contributed by atoms with van der Waals surface area (Å²) in [4.78, 5) is 15.2. The minimum atomic E-state index is -1.09. The average Bonchev–Trinajstić information content (AvgIpc) is 2.37. The number of hydrogen-bond acceptors (Lipinski definition) is 3. The Bertz CT molecular complexity index is 612. The second-order valence-corrected chi connectivity index (χ2v) is 3.95. The van der Waals surface area contributed by atoms with Crippen molar-refractivity contribution >= 4 is 16.9 Å². The molecule has 0 saturated carbocycles. The number of nitrogens with zero attached hydrogens (tertiary/aromatic N) is 1. The van der Waals surface area contributed by atoms with Crippen LogP contribution in [0, 0.1) is 5.82 Å². The van der Waals surface area contributed by atoms with Gasteiger partial charge < -0.3 is 9.84 Å². The molecule has 1 N–H and O–H groups in total. The smallest absolute Gasteiger partial charge is 0.310 e. The molecule has 0 saturated heterocycles. The Kier molecular flexibility index (Phi) is 3.14. The van der Waals surface area contributed by atoms with Crippen molar-refractivity contribution in [2.75, 3.05) is 7.11 Å². The zero-order valence-corrected chi connectivity index (χ0v) is 9.98. The number of hydrogen-bond donors (Lipinski definition) is 1. The molecule has 1 aromatic heterocycles. The highest BCUT2D eigenvalue weighted by atomic mass is 19.1. The summed E-state index contributed by atoms with van der Waals surface area (Å²) in [6.45, 7) is 1.43. The highest BCUT2D eigenvalue weighted by Gasteiger charge is 2.21. The van der Waals surface area contributed by atoms with Gasteiger partial charge in [-0.05, 0) is 25.1 Å². The quantitative estimate of drug-likeness (QED) is 0.908. The van der Waals surface area contributed by atoms with E-state index >= 15 is 0 Å². The molecule has 1 heterocycles. The lowest BCUT2D eigenvalue weighted by molar-refractivity contribution is -0.138. The first kappa shape index (κ1) is 12.3. The lowest BCUT2D eigenvalue weighted by atomic mass is 9.97. The second-order valence-electron chi connectivity index (χ2n) is 3.95. The van der Waals surface area contributed by atoms with Gasteiger partial charge in [0.15, 0.2) is 0 Å². The molecular formula is C13H12FNO3. The van der Waals surface area contributed by atoms with E-state index in [9.17, 15) is 9.18 Å². The van der Waals surface area contributed by atoms with Gasteiger partial charge in [-0.1, -0.05) is 0 Å². The summed E-state index contributed by atoms with van der Waals surface area (Å²) in [5, 5.41) is 9.70. The maximum absolute atomic E-state index is 13.8. The molecule has 0 spiro atoms. The van der Waals surface area contributed by atoms with Crippen LogP contribution in [0.5, 0.6) is 5.88 Å². The predicted molar refractivity (Wildman–Crippen MR) is 64.3 cm³/mol. The lowest BCUT2D eigenvalue weighted by Gasteiger charge is -2.11. The molecule has 1 unspecified atom stereocenters. The molecule has 0 radical (unpaired) electrons. The van der Waals surface area contributed by atoms with Crippen LogP contribution in [0.4, 0.5) is 4.39 Å². The van der Waals surface area contributed by atoms with Gasteiger partial charge in [-0.3, -0.25) is 4.79 Å². The molecule has 4 nitrogen and oxygen atoms in total. The van der Waals surface area contributed by atoms with E-state index in [1.54, 1.807) is 18.2 Å². The Balaban J connectivity index is 2.75. The summed E-state index contributed by atoms with van der Waals surface area (Å²) in [6.07, 6.45) is 0. The van der Waals surface area contributed by atoms with E-state index in [4.69, 9.17) is 9.84 Å². The van der Waals surface area contributed by atoms with Crippen LogP contribution in [0.3, 0.4) is 0 Å². The van der Waals surface area contributed by atoms with Crippen molar-refractivity contribution in [2.45, 2.75) is 12.8 Å². The third kappa shape index (κ3) is 1.99. The Labute approximate surface area is 103 Å². The molecule has 94 valence electrons. The Hall–Kier alpha value is -2.17. The van der Waals surface area contributed by atoms with Gasteiger partial charge in [0.05, 0.1) is 18.5 Å². The molecule has 5 heteroatoms. The third-order valence-corrected chi connectivity index (χ3v) is 2.84. The number of fused-ring (bicyclic) bond motifs is 1. The first-order valence-electron chi connectivity index (χ1n) is 5.40. The summed E-state index contributed by atoms with van der Waals surface area (Å²) in [5.74, 6) is -2.30. The maximum Gasteiger partial charge on any atom is 0.310 e. The number of carbonyl (C=O) groups is 1. The molecule has 0 fully saturated rings. The van der Waals surface area contributed by atoms with Crippen LogP contribution < -0.4 is 4.74 Å². The van der Waals surface area contributed by atoms with Crippen molar-refractivity contribution < 1.29 is 19.0 Å². The summed E-state index contributed by atoms with van der Waals surface area (Å²) < 4.78 is 18.8. The first-order chi connectivity index (χ1) is 8.54. The van der Waals surface area contributed by atoms with Crippen molar-refractivity contribution in [1.29, 1.82) is 0 Å². The van der Waals surface area contributed by atoms with E-state index in [0.717, 1.165) is 0 Å². The van der Waals surface area contributed by atoms with Gasteiger partial charge in [-0.2, -0.15) is 0 Å². The number of rotatable bonds is 3. The highest BCUT2D eigenvalue weighted by molar-refractivity contribution is 5.88. The van der Waals surface area contributed by atoms with E-state index in [1.165, 1.54) is 20.1 Å². The number of carboxylic acid groups (broad SMARTS) is 1. The van der Waals surface area contributed by atoms with Crippen molar-refractivity contribution in [3.63, 3.8) is 0 Å². The molecule has 0 amide bonds. The van der Waals surface area contributed by atoms with Crippen molar-refractivity contribution in [1.82, 2.24) is 4.98 Å². The molecule has 0 bridgehead atoms. The second kappa shape index (κ2) is 4.60. The molecule has 1 atom stereocenters. The van der Waals surface area contributed by atoms with Gasteiger partial charge in [0.1, 0.15) is 5.82 Å². The van der Waals surface area contributed by atoms with Gasteiger partial charge in [0, 0.05) is 17.0 Å². The zero-order valence-electron chi connectivity index (χ0n) is 9.98. The lowest BCUT2D eigenvalue weighted by Crippen LogP contribution is -2.10. The van der Waals surface area contributed by atoms with E-state index in [1.807, 2.05) is 0 Å². The topological polar surface area (TPSA) is 59.4 Å². The summed E-state index contributed by atoms with van der Waals surface area (Å²) >= 11 is 0. The minimum Gasteiger partial charge on any atom is -0.481 e. The molecular weight excluding hydrogens is 237 g/mol. The Morgan fingerprint density at radius 2 is 2.06 bits per heavy atom. The van der Waals surface area contributed by atoms with Crippen LogP contribution in [-0.4, -0.2) is 23.2 Å². The number of carboxylic acids is 1. The average molecular weight is 249 g/mol. The first-order valence-corrected chi connectivity index (χ1v) is 5.40. The van der Waals surface area contributed by atoms with Crippen molar-refractivity contribution in [2.24, 2.45) is 0 Å². The summed E-state index contributed by atoms with van der Waals surface area (Å²) in [7, 11) is 1.45. The fourth-order valence-electron chi connectivity index (χ4n) is 1.82. The number of aliphatic carboxylic acids is 1. The number of aromatic nitrogens is 1. The third-order valence-electron chi connectivity index (χ3n) is 2.84. The highest BCUT2D eigenvalue weighted by Crippen LogP contribution is 2.28. The minimum absolute atomic E-state index is 0.0823. The van der Waals surface area contributed by atoms with Crippen molar-refractivity contribution in [3.8, 4) is 5.88 Å².